The second-order valence-electron chi connectivity index (χ2n) is 5.80. The standard InChI is InChI=1S/C21H18N2O5/c1-27-21(26)17-6-2-3-7-18(17)22-19(24)14-28-20(25)15-8-10-16(11-9-15)23-12-4-5-13-23/h2-13H,14H2,1H3,(H,22,24). The topological polar surface area (TPSA) is 86.6 Å². The summed E-state index contributed by atoms with van der Waals surface area (Å²) in [5.41, 5.74) is 1.73. The number of esters is 2. The van der Waals surface area contributed by atoms with E-state index in [-0.39, 0.29) is 11.3 Å². The molecule has 28 heavy (non-hydrogen) atoms. The van der Waals surface area contributed by atoms with Crippen molar-refractivity contribution in [2.24, 2.45) is 0 Å². The first kappa shape index (κ1) is 18.9. The molecule has 0 unspecified atom stereocenters. The number of aromatic nitrogens is 1. The number of benzene rings is 2. The minimum Gasteiger partial charge on any atom is -0.465 e. The van der Waals surface area contributed by atoms with Gasteiger partial charge in [0.1, 0.15) is 0 Å². The van der Waals surface area contributed by atoms with Crippen LogP contribution >= 0.6 is 0 Å². The molecule has 1 aromatic heterocycles. The van der Waals surface area contributed by atoms with E-state index < -0.39 is 24.5 Å². The predicted octanol–water partition coefficient (Wildman–Crippen LogP) is 3.06. The van der Waals surface area contributed by atoms with Crippen molar-refractivity contribution in [3.8, 4) is 5.69 Å². The van der Waals surface area contributed by atoms with Crippen molar-refractivity contribution in [1.29, 1.82) is 0 Å². The molecule has 0 aliphatic rings. The van der Waals surface area contributed by atoms with Crippen molar-refractivity contribution in [1.82, 2.24) is 4.57 Å². The molecule has 0 saturated heterocycles. The summed E-state index contributed by atoms with van der Waals surface area (Å²) in [6.07, 6.45) is 3.79. The van der Waals surface area contributed by atoms with Gasteiger partial charge in [0.15, 0.2) is 6.61 Å². The van der Waals surface area contributed by atoms with Crippen molar-refractivity contribution in [3.63, 3.8) is 0 Å². The zero-order valence-corrected chi connectivity index (χ0v) is 15.1. The molecule has 3 aromatic rings. The van der Waals surface area contributed by atoms with Crippen LogP contribution in [0.25, 0.3) is 5.69 Å². The second kappa shape index (κ2) is 8.68. The number of nitrogens with zero attached hydrogens (tertiary/aromatic N) is 1. The number of nitrogens with one attached hydrogen (secondary N) is 1. The van der Waals surface area contributed by atoms with Crippen LogP contribution in [0, 0.1) is 0 Å². The number of carbonyl (C=O) groups is 3. The van der Waals surface area contributed by atoms with E-state index in [1.54, 1.807) is 42.5 Å². The number of ether oxygens (including phenoxy) is 2. The van der Waals surface area contributed by atoms with Gasteiger partial charge in [-0.15, -0.1) is 0 Å². The summed E-state index contributed by atoms with van der Waals surface area (Å²) in [7, 11) is 1.25. The highest BCUT2D eigenvalue weighted by atomic mass is 16.5. The lowest BCUT2D eigenvalue weighted by atomic mass is 10.2. The van der Waals surface area contributed by atoms with Crippen molar-refractivity contribution in [2.45, 2.75) is 0 Å². The number of methoxy groups -OCH3 is 1. The van der Waals surface area contributed by atoms with Crippen LogP contribution < -0.4 is 5.32 Å². The van der Waals surface area contributed by atoms with Crippen LogP contribution in [0.1, 0.15) is 20.7 Å². The Kier molecular flexibility index (Phi) is 5.86. The van der Waals surface area contributed by atoms with Gasteiger partial charge in [0.05, 0.1) is 23.9 Å². The number of rotatable bonds is 6. The van der Waals surface area contributed by atoms with Gasteiger partial charge in [-0.05, 0) is 48.5 Å². The number of hydrogen-bond acceptors (Lipinski definition) is 5. The molecule has 0 atom stereocenters. The third kappa shape index (κ3) is 4.45. The first-order chi connectivity index (χ1) is 13.6. The summed E-state index contributed by atoms with van der Waals surface area (Å²) in [5.74, 6) is -1.75. The number of amides is 1. The SMILES string of the molecule is COC(=O)c1ccccc1NC(=O)COC(=O)c1ccc(-n2cccc2)cc1. The molecule has 0 fully saturated rings. The minimum atomic E-state index is -0.615. The van der Waals surface area contributed by atoms with Crippen molar-refractivity contribution in [3.05, 3.63) is 84.2 Å². The third-order valence-corrected chi connectivity index (χ3v) is 3.95. The molecular weight excluding hydrogens is 360 g/mol. The Hall–Kier alpha value is -3.87. The fourth-order valence-electron chi connectivity index (χ4n) is 2.56. The van der Waals surface area contributed by atoms with E-state index in [2.05, 4.69) is 10.1 Å². The summed E-state index contributed by atoms with van der Waals surface area (Å²) in [6.45, 7) is -0.478. The van der Waals surface area contributed by atoms with Crippen LogP contribution in [0.2, 0.25) is 0 Å². The lowest BCUT2D eigenvalue weighted by molar-refractivity contribution is -0.119. The molecule has 3 rings (SSSR count). The zero-order valence-electron chi connectivity index (χ0n) is 15.1. The van der Waals surface area contributed by atoms with E-state index in [9.17, 15) is 14.4 Å². The fourth-order valence-corrected chi connectivity index (χ4v) is 2.56. The third-order valence-electron chi connectivity index (χ3n) is 3.95. The van der Waals surface area contributed by atoms with E-state index in [1.165, 1.54) is 13.2 Å². The summed E-state index contributed by atoms with van der Waals surface area (Å²) in [4.78, 5) is 35.9. The monoisotopic (exact) mass is 378 g/mol. The number of para-hydroxylation sites is 1. The molecule has 0 aliphatic carbocycles. The Bertz CT molecular complexity index is 978. The molecule has 0 aliphatic heterocycles. The van der Waals surface area contributed by atoms with Crippen molar-refractivity contribution >= 4 is 23.5 Å². The maximum Gasteiger partial charge on any atom is 0.339 e. The summed E-state index contributed by atoms with van der Waals surface area (Å²) >= 11 is 0. The van der Waals surface area contributed by atoms with Gasteiger partial charge >= 0.3 is 11.9 Å². The maximum atomic E-state index is 12.1. The Morgan fingerprint density at radius 2 is 1.57 bits per heavy atom. The van der Waals surface area contributed by atoms with Crippen LogP contribution in [0.15, 0.2) is 73.1 Å². The second-order valence-corrected chi connectivity index (χ2v) is 5.80. The molecule has 0 radical (unpaired) electrons. The van der Waals surface area contributed by atoms with Crippen LogP contribution in [-0.2, 0) is 14.3 Å². The normalized spacial score (nSPS) is 10.2. The van der Waals surface area contributed by atoms with Gasteiger partial charge in [-0.3, -0.25) is 4.79 Å². The molecule has 7 nitrogen and oxygen atoms in total. The number of hydrogen-bond donors (Lipinski definition) is 1. The van der Waals surface area contributed by atoms with E-state index >= 15 is 0 Å². The summed E-state index contributed by atoms with van der Waals surface area (Å²) < 4.78 is 11.6. The Balaban J connectivity index is 1.58. The highest BCUT2D eigenvalue weighted by molar-refractivity contribution is 6.02. The number of anilines is 1. The molecule has 1 N–H and O–H groups in total. The Labute approximate surface area is 161 Å². The first-order valence-electron chi connectivity index (χ1n) is 8.46. The van der Waals surface area contributed by atoms with Crippen molar-refractivity contribution < 1.29 is 23.9 Å². The van der Waals surface area contributed by atoms with E-state index in [4.69, 9.17) is 4.74 Å². The van der Waals surface area contributed by atoms with Gasteiger partial charge in [0.2, 0.25) is 0 Å². The maximum absolute atomic E-state index is 12.1. The average Bonchev–Trinajstić information content (AvgIpc) is 3.27. The summed E-state index contributed by atoms with van der Waals surface area (Å²) in [5, 5.41) is 2.54. The van der Waals surface area contributed by atoms with Gasteiger partial charge in [0.25, 0.3) is 5.91 Å². The van der Waals surface area contributed by atoms with E-state index in [0.717, 1.165) is 5.69 Å². The van der Waals surface area contributed by atoms with Crippen LogP contribution in [0.3, 0.4) is 0 Å². The lowest BCUT2D eigenvalue weighted by Gasteiger charge is -2.10. The molecule has 0 spiro atoms. The lowest BCUT2D eigenvalue weighted by Crippen LogP contribution is -2.22. The largest absolute Gasteiger partial charge is 0.465 e. The summed E-state index contributed by atoms with van der Waals surface area (Å²) in [6, 6.07) is 17.0. The predicted molar refractivity (Wildman–Crippen MR) is 102 cm³/mol. The zero-order chi connectivity index (χ0) is 19.9. The Morgan fingerprint density at radius 1 is 0.893 bits per heavy atom. The van der Waals surface area contributed by atoms with Gasteiger partial charge in [-0.25, -0.2) is 9.59 Å². The minimum absolute atomic E-state index is 0.213. The van der Waals surface area contributed by atoms with Gasteiger partial charge in [-0.2, -0.15) is 0 Å². The number of carbonyl (C=O) groups excluding carboxylic acids is 3. The quantitative estimate of drug-likeness (QED) is 0.666. The molecule has 7 heteroatoms. The molecule has 0 bridgehead atoms. The smallest absolute Gasteiger partial charge is 0.339 e. The highest BCUT2D eigenvalue weighted by Gasteiger charge is 2.15. The van der Waals surface area contributed by atoms with Crippen LogP contribution in [-0.4, -0.2) is 36.1 Å². The molecule has 2 aromatic carbocycles. The van der Waals surface area contributed by atoms with Crippen LogP contribution in [0.5, 0.6) is 0 Å². The Morgan fingerprint density at radius 3 is 2.25 bits per heavy atom. The molecular formula is C21H18N2O5. The molecule has 1 amide bonds. The average molecular weight is 378 g/mol. The van der Waals surface area contributed by atoms with E-state index in [1.807, 2.05) is 29.1 Å². The van der Waals surface area contributed by atoms with E-state index in [0.29, 0.717) is 5.56 Å². The van der Waals surface area contributed by atoms with Gasteiger partial charge in [-0.1, -0.05) is 12.1 Å². The highest BCUT2D eigenvalue weighted by Crippen LogP contribution is 2.16. The van der Waals surface area contributed by atoms with Gasteiger partial charge < -0.3 is 19.4 Å². The van der Waals surface area contributed by atoms with Crippen molar-refractivity contribution in [2.75, 3.05) is 19.0 Å². The van der Waals surface area contributed by atoms with Crippen LogP contribution in [0.4, 0.5) is 5.69 Å². The van der Waals surface area contributed by atoms with Gasteiger partial charge in [0, 0.05) is 18.1 Å². The molecule has 1 heterocycles. The molecule has 142 valence electrons. The fraction of sp³-hybridized carbons (Fsp3) is 0.0952. The first-order valence-corrected chi connectivity index (χ1v) is 8.46. The molecule has 0 saturated carbocycles.